The Labute approximate surface area is 121 Å². The fourth-order valence-electron chi connectivity index (χ4n) is 2.20. The molecule has 0 saturated carbocycles. The Morgan fingerprint density at radius 2 is 2.35 bits per heavy atom. The number of hydrogen-bond donors (Lipinski definition) is 2. The molecule has 0 spiro atoms. The van der Waals surface area contributed by atoms with E-state index in [9.17, 15) is 0 Å². The van der Waals surface area contributed by atoms with E-state index in [-0.39, 0.29) is 6.04 Å². The van der Waals surface area contributed by atoms with E-state index in [4.69, 9.17) is 0 Å². The van der Waals surface area contributed by atoms with E-state index in [0.717, 1.165) is 24.6 Å². The number of aromatic nitrogens is 4. The Morgan fingerprint density at radius 1 is 1.40 bits per heavy atom. The molecule has 104 valence electrons. The molecule has 0 amide bonds. The van der Waals surface area contributed by atoms with Crippen molar-refractivity contribution in [2.45, 2.75) is 12.5 Å². The summed E-state index contributed by atoms with van der Waals surface area (Å²) in [7, 11) is 2.02. The quantitative estimate of drug-likeness (QED) is 0.730. The van der Waals surface area contributed by atoms with Gasteiger partial charge in [-0.1, -0.05) is 6.07 Å². The first-order valence-corrected chi connectivity index (χ1v) is 7.45. The molecule has 1 atom stereocenters. The van der Waals surface area contributed by atoms with Crippen LogP contribution in [0.3, 0.4) is 0 Å². The number of nitrogens with one attached hydrogen (secondary N) is 2. The van der Waals surface area contributed by atoms with E-state index in [0.29, 0.717) is 0 Å². The zero-order chi connectivity index (χ0) is 13.8. The summed E-state index contributed by atoms with van der Waals surface area (Å²) < 4.78 is 2.06. The van der Waals surface area contributed by atoms with Gasteiger partial charge in [-0.05, 0) is 11.4 Å². The lowest BCUT2D eigenvalue weighted by molar-refractivity contribution is 0.563. The van der Waals surface area contributed by atoms with Gasteiger partial charge in [0.2, 0.25) is 0 Å². The lowest BCUT2D eigenvalue weighted by Gasteiger charge is -2.17. The van der Waals surface area contributed by atoms with Crippen LogP contribution < -0.4 is 5.32 Å². The van der Waals surface area contributed by atoms with Crippen LogP contribution in [-0.4, -0.2) is 26.1 Å². The Kier molecular flexibility index (Phi) is 3.94. The maximum absolute atomic E-state index is 4.47. The summed E-state index contributed by atoms with van der Waals surface area (Å²) in [5.74, 6) is 2.04. The van der Waals surface area contributed by atoms with Gasteiger partial charge in [-0.2, -0.15) is 0 Å². The summed E-state index contributed by atoms with van der Waals surface area (Å²) in [4.78, 5) is 13.1. The van der Waals surface area contributed by atoms with Crippen LogP contribution in [0.1, 0.15) is 22.6 Å². The van der Waals surface area contributed by atoms with E-state index in [1.54, 1.807) is 17.5 Å². The fraction of sp³-hybridized carbons (Fsp3) is 0.286. The van der Waals surface area contributed by atoms with Crippen LogP contribution in [0, 0.1) is 0 Å². The zero-order valence-electron chi connectivity index (χ0n) is 11.3. The number of imidazole rings is 2. The first-order chi connectivity index (χ1) is 9.84. The fourth-order valence-corrected chi connectivity index (χ4v) is 3.00. The lowest BCUT2D eigenvalue weighted by Crippen LogP contribution is -2.26. The SMILES string of the molecule is Cn1ccnc1C(NCCc1ncc[nH]1)c1cccs1. The number of hydrogen-bond acceptors (Lipinski definition) is 4. The lowest BCUT2D eigenvalue weighted by atomic mass is 10.2. The van der Waals surface area contributed by atoms with Gasteiger partial charge in [-0.15, -0.1) is 11.3 Å². The van der Waals surface area contributed by atoms with Gasteiger partial charge in [0.15, 0.2) is 0 Å². The highest BCUT2D eigenvalue weighted by molar-refractivity contribution is 7.10. The molecule has 3 heterocycles. The molecule has 5 nitrogen and oxygen atoms in total. The van der Waals surface area contributed by atoms with Crippen molar-refractivity contribution >= 4 is 11.3 Å². The molecule has 1 unspecified atom stereocenters. The van der Waals surface area contributed by atoms with E-state index in [1.165, 1.54) is 4.88 Å². The maximum Gasteiger partial charge on any atom is 0.131 e. The maximum atomic E-state index is 4.47. The molecule has 3 aromatic rings. The average molecular weight is 287 g/mol. The Hall–Kier alpha value is -1.92. The van der Waals surface area contributed by atoms with Crippen LogP contribution in [0.25, 0.3) is 0 Å². The molecule has 0 saturated heterocycles. The Balaban J connectivity index is 1.72. The van der Waals surface area contributed by atoms with Crippen molar-refractivity contribution in [3.05, 3.63) is 58.8 Å². The summed E-state index contributed by atoms with van der Waals surface area (Å²) in [5, 5.41) is 5.67. The van der Waals surface area contributed by atoms with Crippen molar-refractivity contribution in [1.82, 2.24) is 24.8 Å². The molecule has 0 aliphatic heterocycles. The Morgan fingerprint density at radius 3 is 3.00 bits per heavy atom. The third kappa shape index (κ3) is 2.81. The van der Waals surface area contributed by atoms with Crippen LogP contribution in [0.2, 0.25) is 0 Å². The van der Waals surface area contributed by atoms with Gasteiger partial charge < -0.3 is 14.9 Å². The first kappa shape index (κ1) is 13.1. The highest BCUT2D eigenvalue weighted by Gasteiger charge is 2.18. The van der Waals surface area contributed by atoms with Crippen LogP contribution >= 0.6 is 11.3 Å². The Bertz CT molecular complexity index is 626. The number of rotatable bonds is 6. The number of thiophene rings is 1. The molecular weight excluding hydrogens is 270 g/mol. The number of aryl methyl sites for hydroxylation is 1. The highest BCUT2D eigenvalue weighted by atomic mass is 32.1. The molecule has 3 rings (SSSR count). The van der Waals surface area contributed by atoms with Crippen molar-refractivity contribution in [3.8, 4) is 0 Å². The standard InChI is InChI=1S/C14H17N5S/c1-19-9-8-18-14(19)13(11-3-2-10-20-11)17-5-4-12-15-6-7-16-12/h2-3,6-10,13,17H,4-5H2,1H3,(H,15,16). The summed E-state index contributed by atoms with van der Waals surface area (Å²) in [5.41, 5.74) is 0. The molecule has 20 heavy (non-hydrogen) atoms. The number of nitrogens with zero attached hydrogens (tertiary/aromatic N) is 3. The third-order valence-electron chi connectivity index (χ3n) is 3.21. The predicted molar refractivity (Wildman–Crippen MR) is 79.7 cm³/mol. The zero-order valence-corrected chi connectivity index (χ0v) is 12.1. The van der Waals surface area contributed by atoms with Crippen molar-refractivity contribution in [3.63, 3.8) is 0 Å². The molecule has 3 aromatic heterocycles. The summed E-state index contributed by atoms with van der Waals surface area (Å²) in [6.45, 7) is 0.850. The van der Waals surface area contributed by atoms with Crippen molar-refractivity contribution in [2.75, 3.05) is 6.54 Å². The minimum atomic E-state index is 0.130. The monoisotopic (exact) mass is 287 g/mol. The molecule has 2 N–H and O–H groups in total. The third-order valence-corrected chi connectivity index (χ3v) is 4.15. The molecule has 0 aliphatic rings. The second-order valence-electron chi connectivity index (χ2n) is 4.58. The van der Waals surface area contributed by atoms with Crippen LogP contribution in [0.5, 0.6) is 0 Å². The number of H-pyrrole nitrogens is 1. The topological polar surface area (TPSA) is 58.5 Å². The van der Waals surface area contributed by atoms with Gasteiger partial charge in [0, 0.05) is 49.7 Å². The van der Waals surface area contributed by atoms with Crippen molar-refractivity contribution in [1.29, 1.82) is 0 Å². The van der Waals surface area contributed by atoms with E-state index >= 15 is 0 Å². The van der Waals surface area contributed by atoms with Crippen LogP contribution in [-0.2, 0) is 13.5 Å². The van der Waals surface area contributed by atoms with Crippen molar-refractivity contribution < 1.29 is 0 Å². The second kappa shape index (κ2) is 6.02. The minimum Gasteiger partial charge on any atom is -0.349 e. The van der Waals surface area contributed by atoms with Crippen LogP contribution in [0.15, 0.2) is 42.3 Å². The molecule has 0 aliphatic carbocycles. The molecule has 0 radical (unpaired) electrons. The molecular formula is C14H17N5S. The largest absolute Gasteiger partial charge is 0.349 e. The van der Waals surface area contributed by atoms with E-state index in [1.807, 2.05) is 25.6 Å². The van der Waals surface area contributed by atoms with Gasteiger partial charge in [-0.3, -0.25) is 0 Å². The van der Waals surface area contributed by atoms with Crippen molar-refractivity contribution in [2.24, 2.45) is 7.05 Å². The predicted octanol–water partition coefficient (Wildman–Crippen LogP) is 2.13. The normalized spacial score (nSPS) is 12.7. The van der Waals surface area contributed by atoms with Gasteiger partial charge >= 0.3 is 0 Å². The van der Waals surface area contributed by atoms with Gasteiger partial charge in [-0.25, -0.2) is 9.97 Å². The summed E-state index contributed by atoms with van der Waals surface area (Å²) >= 11 is 1.75. The minimum absolute atomic E-state index is 0.130. The molecule has 0 fully saturated rings. The summed E-state index contributed by atoms with van der Waals surface area (Å²) in [6, 6.07) is 4.35. The summed E-state index contributed by atoms with van der Waals surface area (Å²) in [6.07, 6.45) is 8.32. The van der Waals surface area contributed by atoms with Gasteiger partial charge in [0.05, 0.1) is 0 Å². The molecule has 0 aromatic carbocycles. The van der Waals surface area contributed by atoms with Gasteiger partial charge in [0.25, 0.3) is 0 Å². The highest BCUT2D eigenvalue weighted by Crippen LogP contribution is 2.24. The smallest absolute Gasteiger partial charge is 0.131 e. The number of aromatic amines is 1. The molecule has 0 bridgehead atoms. The van der Waals surface area contributed by atoms with E-state index in [2.05, 4.69) is 42.3 Å². The van der Waals surface area contributed by atoms with E-state index < -0.39 is 0 Å². The molecule has 6 heteroatoms. The van der Waals surface area contributed by atoms with Crippen LogP contribution in [0.4, 0.5) is 0 Å². The second-order valence-corrected chi connectivity index (χ2v) is 5.56. The van der Waals surface area contributed by atoms with Gasteiger partial charge in [0.1, 0.15) is 17.7 Å². The average Bonchev–Trinajstić information content (AvgIpc) is 3.18. The first-order valence-electron chi connectivity index (χ1n) is 6.57.